The number of allylic oxidation sites excluding steroid dienone is 2. The van der Waals surface area contributed by atoms with Gasteiger partial charge in [-0.3, -0.25) is 0 Å². The largest absolute Gasteiger partial charge is 0.303 e. The quantitative estimate of drug-likeness (QED) is 0.479. The molecule has 2 atom stereocenters. The minimum atomic E-state index is 0.204. The van der Waals surface area contributed by atoms with Gasteiger partial charge in [-0.25, -0.2) is 0 Å². The third-order valence-corrected chi connectivity index (χ3v) is 2.86. The van der Waals surface area contributed by atoms with Gasteiger partial charge in [-0.05, 0) is 25.7 Å². The Bertz CT molecular complexity index is 193. The average Bonchev–Trinajstić information content (AvgIpc) is 2.14. The Morgan fingerprint density at radius 2 is 2.38 bits per heavy atom. The summed E-state index contributed by atoms with van der Waals surface area (Å²) in [6, 6.07) is 0. The molecule has 1 aliphatic rings. The van der Waals surface area contributed by atoms with Crippen molar-refractivity contribution in [1.82, 2.24) is 0 Å². The molecule has 13 heavy (non-hydrogen) atoms. The molecule has 1 aliphatic carbocycles. The number of carbonyl (C=O) groups excluding carboxylic acids is 1. The normalized spacial score (nSPS) is 28.3. The van der Waals surface area contributed by atoms with Gasteiger partial charge in [-0.15, -0.1) is 0 Å². The molecular formula is C12H20O. The molecule has 0 aromatic rings. The van der Waals surface area contributed by atoms with E-state index in [2.05, 4.69) is 19.9 Å². The molecule has 0 aliphatic heterocycles. The van der Waals surface area contributed by atoms with Crippen molar-refractivity contribution < 1.29 is 4.79 Å². The third-order valence-electron chi connectivity index (χ3n) is 2.86. The van der Waals surface area contributed by atoms with Crippen LogP contribution in [-0.2, 0) is 4.79 Å². The molecule has 0 fully saturated rings. The van der Waals surface area contributed by atoms with Gasteiger partial charge in [-0.2, -0.15) is 0 Å². The lowest BCUT2D eigenvalue weighted by molar-refractivity contribution is -0.110. The predicted molar refractivity (Wildman–Crippen MR) is 55.6 cm³/mol. The maximum absolute atomic E-state index is 10.7. The van der Waals surface area contributed by atoms with Gasteiger partial charge in [-0.1, -0.05) is 37.8 Å². The molecule has 0 radical (unpaired) electrons. The second-order valence-corrected chi connectivity index (χ2v) is 4.26. The number of aldehydes is 1. The van der Waals surface area contributed by atoms with Crippen LogP contribution in [0.3, 0.4) is 0 Å². The van der Waals surface area contributed by atoms with Gasteiger partial charge in [0.2, 0.25) is 0 Å². The molecule has 0 amide bonds. The van der Waals surface area contributed by atoms with Gasteiger partial charge in [0.1, 0.15) is 6.29 Å². The highest BCUT2D eigenvalue weighted by atomic mass is 16.1. The van der Waals surface area contributed by atoms with Crippen molar-refractivity contribution in [3.63, 3.8) is 0 Å². The van der Waals surface area contributed by atoms with E-state index in [0.29, 0.717) is 0 Å². The third kappa shape index (κ3) is 3.33. The second-order valence-electron chi connectivity index (χ2n) is 4.26. The van der Waals surface area contributed by atoms with Gasteiger partial charge in [0.05, 0.1) is 0 Å². The van der Waals surface area contributed by atoms with Crippen LogP contribution in [0.5, 0.6) is 0 Å². The zero-order chi connectivity index (χ0) is 9.68. The van der Waals surface area contributed by atoms with Crippen molar-refractivity contribution in [2.24, 2.45) is 11.8 Å². The molecule has 0 heterocycles. The Hall–Kier alpha value is -0.590. The summed E-state index contributed by atoms with van der Waals surface area (Å²) in [5.41, 5.74) is 1.41. The molecule has 1 heteroatoms. The van der Waals surface area contributed by atoms with E-state index in [1.807, 2.05) is 0 Å². The summed E-state index contributed by atoms with van der Waals surface area (Å²) in [6.45, 7) is 4.37. The number of unbranched alkanes of at least 4 members (excludes halogenated alkanes) is 1. The van der Waals surface area contributed by atoms with Crippen LogP contribution in [0.4, 0.5) is 0 Å². The van der Waals surface area contributed by atoms with E-state index in [4.69, 9.17) is 0 Å². The fraction of sp³-hybridized carbons (Fsp3) is 0.750. The van der Waals surface area contributed by atoms with Gasteiger partial charge in [0, 0.05) is 5.92 Å². The zero-order valence-corrected chi connectivity index (χ0v) is 8.75. The average molecular weight is 180 g/mol. The Labute approximate surface area is 81.2 Å². The van der Waals surface area contributed by atoms with Crippen LogP contribution in [0.2, 0.25) is 0 Å². The van der Waals surface area contributed by atoms with Crippen molar-refractivity contribution in [2.45, 2.75) is 46.0 Å². The summed E-state index contributed by atoms with van der Waals surface area (Å²) in [5.74, 6) is 0.968. The molecular weight excluding hydrogens is 160 g/mol. The van der Waals surface area contributed by atoms with E-state index < -0.39 is 0 Å². The first-order chi connectivity index (χ1) is 6.26. The van der Waals surface area contributed by atoms with Crippen LogP contribution in [0.25, 0.3) is 0 Å². The van der Waals surface area contributed by atoms with Crippen molar-refractivity contribution >= 4 is 6.29 Å². The summed E-state index contributed by atoms with van der Waals surface area (Å²) in [7, 11) is 0. The first-order valence-corrected chi connectivity index (χ1v) is 5.38. The van der Waals surface area contributed by atoms with Crippen LogP contribution < -0.4 is 0 Å². The highest BCUT2D eigenvalue weighted by Crippen LogP contribution is 2.30. The van der Waals surface area contributed by atoms with E-state index in [1.54, 1.807) is 0 Å². The van der Waals surface area contributed by atoms with Crippen molar-refractivity contribution in [3.8, 4) is 0 Å². The molecule has 0 bridgehead atoms. The van der Waals surface area contributed by atoms with E-state index in [-0.39, 0.29) is 5.92 Å². The van der Waals surface area contributed by atoms with Crippen LogP contribution in [0.15, 0.2) is 11.6 Å². The smallest absolute Gasteiger partial charge is 0.126 e. The van der Waals surface area contributed by atoms with E-state index in [9.17, 15) is 4.79 Å². The molecule has 74 valence electrons. The van der Waals surface area contributed by atoms with E-state index in [1.165, 1.54) is 31.3 Å². The second kappa shape index (κ2) is 5.21. The Morgan fingerprint density at radius 3 is 3.00 bits per heavy atom. The number of carbonyl (C=O) groups is 1. The first-order valence-electron chi connectivity index (χ1n) is 5.38. The lowest BCUT2D eigenvalue weighted by Gasteiger charge is -2.24. The van der Waals surface area contributed by atoms with Crippen LogP contribution in [0, 0.1) is 11.8 Å². The van der Waals surface area contributed by atoms with Gasteiger partial charge < -0.3 is 4.79 Å². The van der Waals surface area contributed by atoms with Gasteiger partial charge in [0.15, 0.2) is 0 Å². The monoisotopic (exact) mass is 180 g/mol. The maximum Gasteiger partial charge on any atom is 0.126 e. The summed E-state index contributed by atoms with van der Waals surface area (Å²) in [4.78, 5) is 10.7. The van der Waals surface area contributed by atoms with Gasteiger partial charge in [0.25, 0.3) is 0 Å². The Balaban J connectivity index is 2.43. The number of hydrogen-bond donors (Lipinski definition) is 0. The zero-order valence-electron chi connectivity index (χ0n) is 8.75. The molecule has 0 saturated carbocycles. The maximum atomic E-state index is 10.7. The number of rotatable bonds is 4. The molecule has 0 N–H and O–H groups in total. The van der Waals surface area contributed by atoms with Crippen LogP contribution in [-0.4, -0.2) is 6.29 Å². The molecule has 1 nitrogen and oxygen atoms in total. The van der Waals surface area contributed by atoms with Crippen molar-refractivity contribution in [2.75, 3.05) is 0 Å². The summed E-state index contributed by atoms with van der Waals surface area (Å²) < 4.78 is 0. The summed E-state index contributed by atoms with van der Waals surface area (Å²) >= 11 is 0. The molecule has 0 aromatic heterocycles. The molecule has 0 saturated heterocycles. The fourth-order valence-corrected chi connectivity index (χ4v) is 2.23. The van der Waals surface area contributed by atoms with E-state index >= 15 is 0 Å². The Morgan fingerprint density at radius 1 is 1.62 bits per heavy atom. The fourth-order valence-electron chi connectivity index (χ4n) is 2.23. The number of hydrogen-bond acceptors (Lipinski definition) is 1. The summed E-state index contributed by atoms with van der Waals surface area (Å²) in [5, 5.41) is 0. The molecule has 1 rings (SSSR count). The minimum absolute atomic E-state index is 0.204. The standard InChI is InChI=1S/C12H20O/c1-3-4-5-11-6-10(2)7-12(8-11)9-13/h7,9,11-12H,3-6,8H2,1-2H3. The summed E-state index contributed by atoms with van der Waals surface area (Å²) in [6.07, 6.45) is 9.41. The molecule has 0 aromatic carbocycles. The Kier molecular flexibility index (Phi) is 4.20. The van der Waals surface area contributed by atoms with Crippen LogP contribution >= 0.6 is 0 Å². The first kappa shape index (κ1) is 10.5. The van der Waals surface area contributed by atoms with Crippen molar-refractivity contribution in [3.05, 3.63) is 11.6 Å². The lowest BCUT2D eigenvalue weighted by atomic mass is 9.81. The molecule has 2 unspecified atom stereocenters. The van der Waals surface area contributed by atoms with Gasteiger partial charge >= 0.3 is 0 Å². The van der Waals surface area contributed by atoms with E-state index in [0.717, 1.165) is 18.6 Å². The molecule has 0 spiro atoms. The van der Waals surface area contributed by atoms with Crippen molar-refractivity contribution in [1.29, 1.82) is 0 Å². The SMILES string of the molecule is CCCCC1CC(C)=CC(C=O)C1. The lowest BCUT2D eigenvalue weighted by Crippen LogP contribution is -2.14. The highest BCUT2D eigenvalue weighted by molar-refractivity contribution is 5.57. The topological polar surface area (TPSA) is 17.1 Å². The van der Waals surface area contributed by atoms with Crippen LogP contribution in [0.1, 0.15) is 46.0 Å². The minimum Gasteiger partial charge on any atom is -0.303 e. The highest BCUT2D eigenvalue weighted by Gasteiger charge is 2.19. The predicted octanol–water partition coefficient (Wildman–Crippen LogP) is 3.35.